The Kier molecular flexibility index (Phi) is 7.26. The summed E-state index contributed by atoms with van der Waals surface area (Å²) < 4.78 is 26.2. The zero-order valence-electron chi connectivity index (χ0n) is 11.5. The van der Waals surface area contributed by atoms with Gasteiger partial charge in [-0.15, -0.1) is 0 Å². The van der Waals surface area contributed by atoms with Crippen LogP contribution in [0, 0.1) is 0 Å². The lowest BCUT2D eigenvalue weighted by atomic mass is 10.1. The summed E-state index contributed by atoms with van der Waals surface area (Å²) in [4.78, 5) is 0.294. The summed E-state index contributed by atoms with van der Waals surface area (Å²) in [6.07, 6.45) is 10.4. The number of unbranched alkanes of at least 4 members (excludes halogenated alkanes) is 5. The van der Waals surface area contributed by atoms with Crippen LogP contribution in [0.1, 0.15) is 45.4 Å². The first-order chi connectivity index (χ1) is 9.17. The maximum atomic E-state index is 11.8. The summed E-state index contributed by atoms with van der Waals surface area (Å²) in [5, 5.41) is 0. The van der Waals surface area contributed by atoms with Crippen LogP contribution in [-0.4, -0.2) is 8.42 Å². The van der Waals surface area contributed by atoms with Crippen LogP contribution >= 0.6 is 0 Å². The Morgan fingerprint density at radius 3 is 2.42 bits per heavy atom. The SMILES string of the molecule is CCCCCCCC=CNS(=O)(=O)c1ccccc1. The summed E-state index contributed by atoms with van der Waals surface area (Å²) in [6, 6.07) is 8.39. The highest BCUT2D eigenvalue weighted by Gasteiger charge is 2.09. The van der Waals surface area contributed by atoms with Crippen molar-refractivity contribution in [2.75, 3.05) is 0 Å². The predicted octanol–water partition coefficient (Wildman–Crippen LogP) is 3.84. The molecule has 0 amide bonds. The first-order valence-corrected chi connectivity index (χ1v) is 8.37. The van der Waals surface area contributed by atoms with Crippen molar-refractivity contribution in [2.24, 2.45) is 0 Å². The third-order valence-electron chi connectivity index (χ3n) is 2.87. The van der Waals surface area contributed by atoms with Crippen LogP contribution in [0.25, 0.3) is 0 Å². The van der Waals surface area contributed by atoms with E-state index in [1.54, 1.807) is 30.3 Å². The van der Waals surface area contributed by atoms with Gasteiger partial charge in [-0.25, -0.2) is 8.42 Å². The van der Waals surface area contributed by atoms with Gasteiger partial charge in [0.15, 0.2) is 0 Å². The lowest BCUT2D eigenvalue weighted by Crippen LogP contribution is -2.17. The predicted molar refractivity (Wildman–Crippen MR) is 79.3 cm³/mol. The molecule has 1 N–H and O–H groups in total. The average Bonchev–Trinajstić information content (AvgIpc) is 2.43. The fraction of sp³-hybridized carbons (Fsp3) is 0.467. The van der Waals surface area contributed by atoms with E-state index in [4.69, 9.17) is 0 Å². The maximum Gasteiger partial charge on any atom is 0.261 e. The van der Waals surface area contributed by atoms with Crippen molar-refractivity contribution in [3.05, 3.63) is 42.6 Å². The summed E-state index contributed by atoms with van der Waals surface area (Å²) >= 11 is 0. The van der Waals surface area contributed by atoms with Crippen molar-refractivity contribution >= 4 is 10.0 Å². The van der Waals surface area contributed by atoms with Gasteiger partial charge in [0.05, 0.1) is 4.90 Å². The Hall–Kier alpha value is -1.29. The Morgan fingerprint density at radius 1 is 1.05 bits per heavy atom. The van der Waals surface area contributed by atoms with E-state index in [9.17, 15) is 8.42 Å². The van der Waals surface area contributed by atoms with Crippen LogP contribution in [0.15, 0.2) is 47.5 Å². The minimum Gasteiger partial charge on any atom is -0.287 e. The van der Waals surface area contributed by atoms with Gasteiger partial charge in [-0.2, -0.15) is 0 Å². The molecule has 0 saturated carbocycles. The zero-order chi connectivity index (χ0) is 14.0. The Balaban J connectivity index is 2.28. The third kappa shape index (κ3) is 6.43. The van der Waals surface area contributed by atoms with Gasteiger partial charge in [-0.3, -0.25) is 4.72 Å². The molecule has 0 saturated heterocycles. The van der Waals surface area contributed by atoms with Crippen molar-refractivity contribution in [1.29, 1.82) is 0 Å². The summed E-state index contributed by atoms with van der Waals surface area (Å²) in [7, 11) is -3.40. The molecular weight excluding hydrogens is 258 g/mol. The molecule has 1 aromatic rings. The molecule has 19 heavy (non-hydrogen) atoms. The number of benzene rings is 1. The molecule has 1 aromatic carbocycles. The highest BCUT2D eigenvalue weighted by molar-refractivity contribution is 7.89. The molecule has 0 heterocycles. The number of nitrogens with one attached hydrogen (secondary N) is 1. The summed E-state index contributed by atoms with van der Waals surface area (Å²) in [6.45, 7) is 2.19. The largest absolute Gasteiger partial charge is 0.287 e. The molecule has 106 valence electrons. The molecule has 0 atom stereocenters. The Morgan fingerprint density at radius 2 is 1.74 bits per heavy atom. The van der Waals surface area contributed by atoms with Crippen molar-refractivity contribution in [3.63, 3.8) is 0 Å². The fourth-order valence-electron chi connectivity index (χ4n) is 1.75. The van der Waals surface area contributed by atoms with E-state index in [-0.39, 0.29) is 0 Å². The van der Waals surface area contributed by atoms with E-state index < -0.39 is 10.0 Å². The van der Waals surface area contributed by atoms with Crippen LogP contribution in [0.3, 0.4) is 0 Å². The molecule has 0 radical (unpaired) electrons. The number of hydrogen-bond acceptors (Lipinski definition) is 2. The minimum atomic E-state index is -3.40. The molecular formula is C15H23NO2S. The van der Waals surface area contributed by atoms with E-state index in [1.165, 1.54) is 31.9 Å². The van der Waals surface area contributed by atoms with E-state index in [0.717, 1.165) is 12.8 Å². The van der Waals surface area contributed by atoms with Crippen LogP contribution in [0.4, 0.5) is 0 Å². The van der Waals surface area contributed by atoms with Crippen molar-refractivity contribution in [3.8, 4) is 0 Å². The van der Waals surface area contributed by atoms with Gasteiger partial charge in [0.2, 0.25) is 0 Å². The molecule has 0 bridgehead atoms. The topological polar surface area (TPSA) is 46.2 Å². The molecule has 0 aliphatic carbocycles. The van der Waals surface area contributed by atoms with Crippen molar-refractivity contribution < 1.29 is 8.42 Å². The van der Waals surface area contributed by atoms with Crippen molar-refractivity contribution in [1.82, 2.24) is 4.72 Å². The van der Waals surface area contributed by atoms with E-state index in [0.29, 0.717) is 4.90 Å². The van der Waals surface area contributed by atoms with Gasteiger partial charge in [-0.05, 0) is 25.0 Å². The average molecular weight is 281 g/mol. The number of sulfonamides is 1. The lowest BCUT2D eigenvalue weighted by Gasteiger charge is -2.03. The van der Waals surface area contributed by atoms with E-state index in [2.05, 4.69) is 11.6 Å². The van der Waals surface area contributed by atoms with E-state index >= 15 is 0 Å². The molecule has 0 aliphatic rings. The van der Waals surface area contributed by atoms with Gasteiger partial charge < -0.3 is 0 Å². The third-order valence-corrected chi connectivity index (χ3v) is 4.21. The molecule has 0 spiro atoms. The van der Waals surface area contributed by atoms with Gasteiger partial charge in [0, 0.05) is 6.20 Å². The summed E-state index contributed by atoms with van der Waals surface area (Å²) in [5.74, 6) is 0. The molecule has 1 rings (SSSR count). The van der Waals surface area contributed by atoms with Gasteiger partial charge in [0.1, 0.15) is 0 Å². The van der Waals surface area contributed by atoms with Gasteiger partial charge >= 0.3 is 0 Å². The minimum absolute atomic E-state index is 0.294. The smallest absolute Gasteiger partial charge is 0.261 e. The monoisotopic (exact) mass is 281 g/mol. The second-order valence-corrected chi connectivity index (χ2v) is 6.25. The fourth-order valence-corrected chi connectivity index (χ4v) is 2.68. The molecule has 0 unspecified atom stereocenters. The molecule has 0 fully saturated rings. The zero-order valence-corrected chi connectivity index (χ0v) is 12.3. The highest BCUT2D eigenvalue weighted by atomic mass is 32.2. The maximum absolute atomic E-state index is 11.8. The van der Waals surface area contributed by atoms with Crippen LogP contribution < -0.4 is 4.72 Å². The first kappa shape index (κ1) is 15.8. The molecule has 0 aromatic heterocycles. The molecule has 0 aliphatic heterocycles. The van der Waals surface area contributed by atoms with E-state index in [1.807, 2.05) is 6.08 Å². The summed E-state index contributed by atoms with van der Waals surface area (Å²) in [5.41, 5.74) is 0. The molecule has 3 nitrogen and oxygen atoms in total. The van der Waals surface area contributed by atoms with Crippen LogP contribution in [-0.2, 0) is 10.0 Å². The van der Waals surface area contributed by atoms with Crippen molar-refractivity contribution in [2.45, 2.75) is 50.3 Å². The normalized spacial score (nSPS) is 11.8. The first-order valence-electron chi connectivity index (χ1n) is 6.89. The van der Waals surface area contributed by atoms with Gasteiger partial charge in [0.25, 0.3) is 10.0 Å². The quantitative estimate of drug-likeness (QED) is 0.699. The standard InChI is InChI=1S/C15H23NO2S/c1-2-3-4-5-6-7-11-14-16-19(17,18)15-12-9-8-10-13-15/h8-14,16H,2-7H2,1H3. The molecule has 4 heteroatoms. The Bertz CT molecular complexity index is 466. The number of rotatable bonds is 9. The Labute approximate surface area is 116 Å². The van der Waals surface area contributed by atoms with Gasteiger partial charge in [-0.1, -0.05) is 56.9 Å². The number of hydrogen-bond donors (Lipinski definition) is 1. The van der Waals surface area contributed by atoms with Crippen LogP contribution in [0.2, 0.25) is 0 Å². The second-order valence-electron chi connectivity index (χ2n) is 4.54. The highest BCUT2D eigenvalue weighted by Crippen LogP contribution is 2.08. The van der Waals surface area contributed by atoms with Crippen LogP contribution in [0.5, 0.6) is 0 Å². The lowest BCUT2D eigenvalue weighted by molar-refractivity contribution is 0.590. The second kappa shape index (κ2) is 8.75. The number of allylic oxidation sites excluding steroid dienone is 1.